The van der Waals surface area contributed by atoms with E-state index in [0.29, 0.717) is 34.0 Å². The number of amides is 2. The van der Waals surface area contributed by atoms with Crippen molar-refractivity contribution in [3.63, 3.8) is 0 Å². The molecule has 0 bridgehead atoms. The number of hydrogen-bond acceptors (Lipinski definition) is 4. The first-order chi connectivity index (χ1) is 15.3. The molecule has 32 heavy (non-hydrogen) atoms. The first-order valence-corrected chi connectivity index (χ1v) is 11.2. The molecule has 0 saturated heterocycles. The monoisotopic (exact) mass is 470 g/mol. The minimum Gasteiger partial charge on any atom is -0.456 e. The lowest BCUT2D eigenvalue weighted by Crippen LogP contribution is -2.30. The standard InChI is InChI=1S/C24H24Cl2N4O2/c1-24(2)11-10-19-16(12-24)14-27-22(29-19)30-23(31)28-13-15-6-8-17(9-7-15)32-20-5-3-4-18(25)21(20)26/h3-9,14H,10-13H2,1-2H3,(H2,27,28,29,30,31). The Morgan fingerprint density at radius 3 is 2.72 bits per heavy atom. The number of rotatable bonds is 5. The minimum atomic E-state index is -0.355. The van der Waals surface area contributed by atoms with Crippen LogP contribution in [0, 0.1) is 5.41 Å². The van der Waals surface area contributed by atoms with Gasteiger partial charge in [0.05, 0.1) is 5.02 Å². The molecule has 8 heteroatoms. The summed E-state index contributed by atoms with van der Waals surface area (Å²) in [7, 11) is 0. The Bertz CT molecular complexity index is 1130. The number of nitrogens with one attached hydrogen (secondary N) is 2. The van der Waals surface area contributed by atoms with Gasteiger partial charge in [0.2, 0.25) is 5.95 Å². The molecule has 0 saturated carbocycles. The van der Waals surface area contributed by atoms with Crippen molar-refractivity contribution in [1.29, 1.82) is 0 Å². The zero-order valence-electron chi connectivity index (χ0n) is 17.9. The number of ether oxygens (including phenoxy) is 1. The van der Waals surface area contributed by atoms with E-state index in [0.717, 1.165) is 36.1 Å². The number of aryl methyl sites for hydroxylation is 1. The molecule has 6 nitrogen and oxygen atoms in total. The minimum absolute atomic E-state index is 0.268. The molecule has 0 spiro atoms. The number of carbonyl (C=O) groups excluding carboxylic acids is 1. The second-order valence-electron chi connectivity index (χ2n) is 8.61. The fourth-order valence-corrected chi connectivity index (χ4v) is 3.95. The van der Waals surface area contributed by atoms with Gasteiger partial charge in [-0.2, -0.15) is 0 Å². The van der Waals surface area contributed by atoms with Crippen molar-refractivity contribution in [2.24, 2.45) is 5.41 Å². The fourth-order valence-electron chi connectivity index (χ4n) is 3.62. The van der Waals surface area contributed by atoms with Gasteiger partial charge in [-0.1, -0.05) is 55.2 Å². The molecule has 0 atom stereocenters. The van der Waals surface area contributed by atoms with Crippen molar-refractivity contribution in [3.8, 4) is 11.5 Å². The van der Waals surface area contributed by atoms with Crippen LogP contribution >= 0.6 is 23.2 Å². The molecule has 3 aromatic rings. The van der Waals surface area contributed by atoms with Crippen molar-refractivity contribution < 1.29 is 9.53 Å². The van der Waals surface area contributed by atoms with E-state index in [1.807, 2.05) is 18.3 Å². The maximum Gasteiger partial charge on any atom is 0.321 e. The van der Waals surface area contributed by atoms with Gasteiger partial charge >= 0.3 is 6.03 Å². The van der Waals surface area contributed by atoms with Crippen LogP contribution in [0.1, 0.15) is 37.1 Å². The van der Waals surface area contributed by atoms with Gasteiger partial charge in [-0.25, -0.2) is 14.8 Å². The largest absolute Gasteiger partial charge is 0.456 e. The van der Waals surface area contributed by atoms with Crippen LogP contribution in [-0.4, -0.2) is 16.0 Å². The number of nitrogens with zero attached hydrogens (tertiary/aromatic N) is 2. The molecule has 2 N–H and O–H groups in total. The van der Waals surface area contributed by atoms with E-state index >= 15 is 0 Å². The van der Waals surface area contributed by atoms with Crippen LogP contribution in [0.5, 0.6) is 11.5 Å². The number of urea groups is 1. The molecule has 0 fully saturated rings. The maximum absolute atomic E-state index is 12.3. The van der Waals surface area contributed by atoms with Crippen LogP contribution in [-0.2, 0) is 19.4 Å². The zero-order valence-corrected chi connectivity index (χ0v) is 19.4. The van der Waals surface area contributed by atoms with Crippen molar-refractivity contribution in [1.82, 2.24) is 15.3 Å². The predicted molar refractivity (Wildman–Crippen MR) is 127 cm³/mol. The van der Waals surface area contributed by atoms with Crippen LogP contribution in [0.4, 0.5) is 10.7 Å². The third-order valence-electron chi connectivity index (χ3n) is 5.41. The Hall–Kier alpha value is -2.83. The van der Waals surface area contributed by atoms with E-state index in [-0.39, 0.29) is 11.4 Å². The quantitative estimate of drug-likeness (QED) is 0.451. The molecule has 0 unspecified atom stereocenters. The van der Waals surface area contributed by atoms with Gasteiger partial charge in [0, 0.05) is 18.4 Å². The highest BCUT2D eigenvalue weighted by atomic mass is 35.5. The Labute approximate surface area is 197 Å². The molecule has 1 heterocycles. The van der Waals surface area contributed by atoms with E-state index in [1.165, 1.54) is 0 Å². The molecule has 0 radical (unpaired) electrons. The summed E-state index contributed by atoms with van der Waals surface area (Å²) in [5.41, 5.74) is 3.36. The number of carbonyl (C=O) groups is 1. The summed E-state index contributed by atoms with van der Waals surface area (Å²) >= 11 is 12.2. The van der Waals surface area contributed by atoms with Crippen molar-refractivity contribution in [3.05, 3.63) is 75.5 Å². The summed E-state index contributed by atoms with van der Waals surface area (Å²) < 4.78 is 5.78. The van der Waals surface area contributed by atoms with Gasteiger partial charge in [-0.05, 0) is 60.1 Å². The summed E-state index contributed by atoms with van der Waals surface area (Å²) in [5, 5.41) is 6.33. The van der Waals surface area contributed by atoms with E-state index < -0.39 is 0 Å². The summed E-state index contributed by atoms with van der Waals surface area (Å²) in [6, 6.07) is 12.2. The van der Waals surface area contributed by atoms with Crippen LogP contribution in [0.25, 0.3) is 0 Å². The zero-order chi connectivity index (χ0) is 22.7. The van der Waals surface area contributed by atoms with Crippen LogP contribution in [0.2, 0.25) is 10.0 Å². The molecule has 4 rings (SSSR count). The molecule has 1 aromatic heterocycles. The normalized spacial score (nSPS) is 14.4. The summed E-state index contributed by atoms with van der Waals surface area (Å²) in [4.78, 5) is 21.1. The number of hydrogen-bond donors (Lipinski definition) is 2. The summed E-state index contributed by atoms with van der Waals surface area (Å²) in [6.45, 7) is 4.85. The second kappa shape index (κ2) is 9.35. The number of anilines is 1. The number of halogens is 2. The van der Waals surface area contributed by atoms with E-state index in [9.17, 15) is 4.79 Å². The lowest BCUT2D eigenvalue weighted by atomic mass is 9.76. The SMILES string of the molecule is CC1(C)CCc2nc(NC(=O)NCc3ccc(Oc4cccc(Cl)c4Cl)cc3)ncc2C1. The second-order valence-corrected chi connectivity index (χ2v) is 9.40. The van der Waals surface area contributed by atoms with Crippen LogP contribution < -0.4 is 15.4 Å². The molecule has 2 aromatic carbocycles. The average molecular weight is 471 g/mol. The highest BCUT2D eigenvalue weighted by Gasteiger charge is 2.26. The fraction of sp³-hybridized carbons (Fsp3) is 0.292. The Morgan fingerprint density at radius 1 is 1.16 bits per heavy atom. The van der Waals surface area contributed by atoms with Crippen LogP contribution in [0.15, 0.2) is 48.7 Å². The number of fused-ring (bicyclic) bond motifs is 1. The van der Waals surface area contributed by atoms with Gasteiger partial charge < -0.3 is 10.1 Å². The van der Waals surface area contributed by atoms with Crippen molar-refractivity contribution >= 4 is 35.2 Å². The Balaban J connectivity index is 1.30. The molecule has 1 aliphatic rings. The molecule has 2 amide bonds. The molecule has 1 aliphatic carbocycles. The smallest absolute Gasteiger partial charge is 0.321 e. The third kappa shape index (κ3) is 5.50. The topological polar surface area (TPSA) is 76.1 Å². The van der Waals surface area contributed by atoms with Crippen LogP contribution in [0.3, 0.4) is 0 Å². The molecular weight excluding hydrogens is 447 g/mol. The Morgan fingerprint density at radius 2 is 1.94 bits per heavy atom. The van der Waals surface area contributed by atoms with Gasteiger partial charge in [0.1, 0.15) is 16.5 Å². The molecule has 0 aliphatic heterocycles. The van der Waals surface area contributed by atoms with Crippen molar-refractivity contribution in [2.45, 2.75) is 39.7 Å². The van der Waals surface area contributed by atoms with Gasteiger partial charge in [-0.3, -0.25) is 5.32 Å². The molecular formula is C24H24Cl2N4O2. The Kier molecular flexibility index (Phi) is 6.53. The first kappa shape index (κ1) is 22.4. The van der Waals surface area contributed by atoms with Gasteiger partial charge in [0.15, 0.2) is 0 Å². The molecule has 166 valence electrons. The summed E-state index contributed by atoms with van der Waals surface area (Å²) in [6.07, 6.45) is 4.75. The lowest BCUT2D eigenvalue weighted by molar-refractivity contribution is 0.251. The van der Waals surface area contributed by atoms with Crippen molar-refractivity contribution in [2.75, 3.05) is 5.32 Å². The third-order valence-corrected chi connectivity index (χ3v) is 6.21. The number of aromatic nitrogens is 2. The number of benzene rings is 2. The van der Waals surface area contributed by atoms with Gasteiger partial charge in [-0.15, -0.1) is 0 Å². The maximum atomic E-state index is 12.3. The van der Waals surface area contributed by atoms with Gasteiger partial charge in [0.25, 0.3) is 0 Å². The highest BCUT2D eigenvalue weighted by molar-refractivity contribution is 6.42. The van der Waals surface area contributed by atoms with E-state index in [2.05, 4.69) is 34.4 Å². The first-order valence-electron chi connectivity index (χ1n) is 10.4. The van der Waals surface area contributed by atoms with E-state index in [1.54, 1.807) is 30.3 Å². The lowest BCUT2D eigenvalue weighted by Gasteiger charge is -2.30. The average Bonchev–Trinajstić information content (AvgIpc) is 2.76. The highest BCUT2D eigenvalue weighted by Crippen LogP contribution is 2.35. The predicted octanol–water partition coefficient (Wildman–Crippen LogP) is 6.41. The van der Waals surface area contributed by atoms with E-state index in [4.69, 9.17) is 27.9 Å². The summed E-state index contributed by atoms with van der Waals surface area (Å²) in [5.74, 6) is 1.43.